The molecular formula is C17H23N3O4S. The summed E-state index contributed by atoms with van der Waals surface area (Å²) >= 11 is 0. The minimum absolute atomic E-state index is 0.249. The van der Waals surface area contributed by atoms with Gasteiger partial charge in [0.25, 0.3) is 0 Å². The number of fused-ring (bicyclic) bond motifs is 1. The van der Waals surface area contributed by atoms with E-state index in [9.17, 15) is 8.42 Å². The van der Waals surface area contributed by atoms with E-state index in [1.165, 1.54) is 0 Å². The highest BCUT2D eigenvalue weighted by Crippen LogP contribution is 2.26. The summed E-state index contributed by atoms with van der Waals surface area (Å²) in [7, 11) is -2.00. The SMILES string of the molecule is COc1c(C)cc(S(=O)(=O)NCCn2ncc3c2CCOC3)cc1C. The fraction of sp³-hybridized carbons (Fsp3) is 0.471. The molecule has 136 valence electrons. The molecule has 2 heterocycles. The fourth-order valence-corrected chi connectivity index (χ4v) is 4.35. The predicted octanol–water partition coefficient (Wildman–Crippen LogP) is 1.56. The molecular weight excluding hydrogens is 342 g/mol. The Morgan fingerprint density at radius 3 is 2.72 bits per heavy atom. The summed E-state index contributed by atoms with van der Waals surface area (Å²) in [6.07, 6.45) is 2.60. The Balaban J connectivity index is 1.69. The summed E-state index contributed by atoms with van der Waals surface area (Å²) in [4.78, 5) is 0.249. The number of hydrogen-bond donors (Lipinski definition) is 1. The predicted molar refractivity (Wildman–Crippen MR) is 93.2 cm³/mol. The lowest BCUT2D eigenvalue weighted by Crippen LogP contribution is -2.28. The van der Waals surface area contributed by atoms with Crippen molar-refractivity contribution in [3.8, 4) is 5.75 Å². The van der Waals surface area contributed by atoms with Crippen molar-refractivity contribution in [1.29, 1.82) is 0 Å². The van der Waals surface area contributed by atoms with Crippen molar-refractivity contribution >= 4 is 10.0 Å². The highest BCUT2D eigenvalue weighted by Gasteiger charge is 2.18. The number of rotatable bonds is 6. The Morgan fingerprint density at radius 1 is 1.32 bits per heavy atom. The van der Waals surface area contributed by atoms with Crippen molar-refractivity contribution in [3.05, 3.63) is 40.7 Å². The van der Waals surface area contributed by atoms with Gasteiger partial charge >= 0.3 is 0 Å². The molecule has 0 radical (unpaired) electrons. The summed E-state index contributed by atoms with van der Waals surface area (Å²) < 4.78 is 40.3. The number of nitrogens with zero attached hydrogens (tertiary/aromatic N) is 2. The second kappa shape index (κ2) is 7.15. The summed E-state index contributed by atoms with van der Waals surface area (Å²) in [6, 6.07) is 3.25. The number of benzene rings is 1. The van der Waals surface area contributed by atoms with Crippen molar-refractivity contribution in [2.75, 3.05) is 20.3 Å². The maximum absolute atomic E-state index is 12.6. The lowest BCUT2D eigenvalue weighted by molar-refractivity contribution is 0.109. The first-order chi connectivity index (χ1) is 11.9. The monoisotopic (exact) mass is 365 g/mol. The molecule has 1 N–H and O–H groups in total. The molecule has 8 heteroatoms. The molecule has 0 aliphatic carbocycles. The lowest BCUT2D eigenvalue weighted by atomic mass is 10.1. The zero-order valence-corrected chi connectivity index (χ0v) is 15.5. The van der Waals surface area contributed by atoms with Crippen LogP contribution >= 0.6 is 0 Å². The molecule has 7 nitrogen and oxygen atoms in total. The number of ether oxygens (including phenoxy) is 2. The summed E-state index contributed by atoms with van der Waals surface area (Å²) in [5, 5.41) is 4.33. The van der Waals surface area contributed by atoms with Gasteiger partial charge in [0.2, 0.25) is 10.0 Å². The van der Waals surface area contributed by atoms with E-state index < -0.39 is 10.0 Å². The zero-order chi connectivity index (χ0) is 18.0. The second-order valence-corrected chi connectivity index (χ2v) is 7.90. The van der Waals surface area contributed by atoms with E-state index in [4.69, 9.17) is 9.47 Å². The second-order valence-electron chi connectivity index (χ2n) is 6.13. The minimum Gasteiger partial charge on any atom is -0.496 e. The van der Waals surface area contributed by atoms with Crippen LogP contribution in [0.4, 0.5) is 0 Å². The molecule has 0 bridgehead atoms. The van der Waals surface area contributed by atoms with Crippen molar-refractivity contribution in [3.63, 3.8) is 0 Å². The Morgan fingerprint density at radius 2 is 2.04 bits per heavy atom. The van der Waals surface area contributed by atoms with Crippen molar-refractivity contribution in [1.82, 2.24) is 14.5 Å². The maximum Gasteiger partial charge on any atom is 0.240 e. The molecule has 0 saturated heterocycles. The van der Waals surface area contributed by atoms with Gasteiger partial charge in [0.1, 0.15) is 5.75 Å². The molecule has 0 fully saturated rings. The molecule has 2 aromatic rings. The quantitative estimate of drug-likeness (QED) is 0.840. The summed E-state index contributed by atoms with van der Waals surface area (Å²) in [5.74, 6) is 0.712. The Hall–Kier alpha value is -1.90. The Labute approximate surface area is 148 Å². The first-order valence-electron chi connectivity index (χ1n) is 8.18. The van der Waals surface area contributed by atoms with E-state index in [1.54, 1.807) is 25.4 Å². The molecule has 1 aliphatic rings. The number of aromatic nitrogens is 2. The highest BCUT2D eigenvalue weighted by molar-refractivity contribution is 7.89. The van der Waals surface area contributed by atoms with Gasteiger partial charge in [-0.05, 0) is 37.1 Å². The zero-order valence-electron chi connectivity index (χ0n) is 14.7. The number of hydrogen-bond acceptors (Lipinski definition) is 5. The molecule has 1 aromatic heterocycles. The number of aryl methyl sites for hydroxylation is 2. The summed E-state index contributed by atoms with van der Waals surface area (Å²) in [6.45, 7) is 5.69. The normalized spacial score (nSPS) is 14.4. The van der Waals surface area contributed by atoms with Gasteiger partial charge in [-0.3, -0.25) is 4.68 Å². The number of nitrogens with one attached hydrogen (secondary N) is 1. The van der Waals surface area contributed by atoms with Gasteiger partial charge in [-0.25, -0.2) is 13.1 Å². The van der Waals surface area contributed by atoms with Gasteiger partial charge < -0.3 is 9.47 Å². The first kappa shape index (κ1) is 17.9. The molecule has 25 heavy (non-hydrogen) atoms. The van der Waals surface area contributed by atoms with E-state index in [0.29, 0.717) is 25.5 Å². The molecule has 0 spiro atoms. The van der Waals surface area contributed by atoms with Crippen LogP contribution in [-0.2, 0) is 34.3 Å². The lowest BCUT2D eigenvalue weighted by Gasteiger charge is -2.15. The van der Waals surface area contributed by atoms with Crippen LogP contribution in [0.2, 0.25) is 0 Å². The van der Waals surface area contributed by atoms with E-state index in [0.717, 1.165) is 28.8 Å². The van der Waals surface area contributed by atoms with Crippen LogP contribution in [0.5, 0.6) is 5.75 Å². The van der Waals surface area contributed by atoms with Crippen LogP contribution in [0, 0.1) is 13.8 Å². The number of methoxy groups -OCH3 is 1. The van der Waals surface area contributed by atoms with Crippen LogP contribution in [0.25, 0.3) is 0 Å². The largest absolute Gasteiger partial charge is 0.496 e. The smallest absolute Gasteiger partial charge is 0.240 e. The topological polar surface area (TPSA) is 82.5 Å². The van der Waals surface area contributed by atoms with E-state index in [-0.39, 0.29) is 11.4 Å². The molecule has 1 aromatic carbocycles. The van der Waals surface area contributed by atoms with Crippen LogP contribution < -0.4 is 9.46 Å². The van der Waals surface area contributed by atoms with E-state index in [2.05, 4.69) is 9.82 Å². The molecule has 0 atom stereocenters. The molecule has 3 rings (SSSR count). The van der Waals surface area contributed by atoms with Gasteiger partial charge in [0.05, 0.1) is 38.0 Å². The van der Waals surface area contributed by atoms with Crippen LogP contribution in [0.1, 0.15) is 22.4 Å². The van der Waals surface area contributed by atoms with Gasteiger partial charge in [0, 0.05) is 24.2 Å². The summed E-state index contributed by atoms with van der Waals surface area (Å²) in [5.41, 5.74) is 3.80. The minimum atomic E-state index is -3.58. The third kappa shape index (κ3) is 3.70. The molecule has 0 amide bonds. The Kier molecular flexibility index (Phi) is 5.12. The van der Waals surface area contributed by atoms with Crippen molar-refractivity contribution < 1.29 is 17.9 Å². The van der Waals surface area contributed by atoms with Crippen LogP contribution in [0.3, 0.4) is 0 Å². The third-order valence-corrected chi connectivity index (χ3v) is 5.78. The van der Waals surface area contributed by atoms with Gasteiger partial charge in [-0.2, -0.15) is 5.10 Å². The van der Waals surface area contributed by atoms with E-state index >= 15 is 0 Å². The fourth-order valence-electron chi connectivity index (χ4n) is 3.16. The average molecular weight is 365 g/mol. The number of sulfonamides is 1. The van der Waals surface area contributed by atoms with E-state index in [1.807, 2.05) is 18.5 Å². The maximum atomic E-state index is 12.6. The Bertz CT molecular complexity index is 851. The van der Waals surface area contributed by atoms with Gasteiger partial charge in [-0.1, -0.05) is 0 Å². The van der Waals surface area contributed by atoms with Gasteiger partial charge in [-0.15, -0.1) is 0 Å². The van der Waals surface area contributed by atoms with Crippen molar-refractivity contribution in [2.45, 2.75) is 38.3 Å². The van der Waals surface area contributed by atoms with Crippen LogP contribution in [-0.4, -0.2) is 38.5 Å². The highest BCUT2D eigenvalue weighted by atomic mass is 32.2. The van der Waals surface area contributed by atoms with Gasteiger partial charge in [0.15, 0.2) is 0 Å². The molecule has 1 aliphatic heterocycles. The van der Waals surface area contributed by atoms with Crippen molar-refractivity contribution in [2.24, 2.45) is 0 Å². The standard InChI is InChI=1S/C17H23N3O4S/c1-12-8-15(9-13(2)17(12)23-3)25(21,22)19-5-6-20-16-4-7-24-11-14(16)10-18-20/h8-10,19H,4-7,11H2,1-3H3. The average Bonchev–Trinajstić information content (AvgIpc) is 2.98. The van der Waals surface area contributed by atoms with Crippen LogP contribution in [0.15, 0.2) is 23.2 Å². The third-order valence-electron chi connectivity index (χ3n) is 4.34. The molecule has 0 unspecified atom stereocenters. The molecule has 0 saturated carbocycles. The first-order valence-corrected chi connectivity index (χ1v) is 9.67.